The molecule has 6 nitrogen and oxygen atoms in total. The molecule has 0 saturated carbocycles. The first-order chi connectivity index (χ1) is 7.00. The number of guanidine groups is 1. The summed E-state index contributed by atoms with van der Waals surface area (Å²) < 4.78 is 1.68. The van der Waals surface area contributed by atoms with Crippen LogP contribution in [-0.4, -0.2) is 58.7 Å². The maximum absolute atomic E-state index is 4.44. The second kappa shape index (κ2) is 4.77. The molecule has 1 aromatic rings. The van der Waals surface area contributed by atoms with E-state index in [0.717, 1.165) is 11.8 Å². The minimum Gasteiger partial charge on any atom is -0.349 e. The fourth-order valence-electron chi connectivity index (χ4n) is 1.28. The van der Waals surface area contributed by atoms with Gasteiger partial charge in [-0.2, -0.15) is 5.10 Å². The van der Waals surface area contributed by atoms with Gasteiger partial charge in [0.25, 0.3) is 0 Å². The molecule has 0 bridgehead atoms. The average Bonchev–Trinajstić information content (AvgIpc) is 2.50. The normalized spacial score (nSPS) is 9.93. The number of aryl methyl sites for hydroxylation is 1. The lowest BCUT2D eigenvalue weighted by Gasteiger charge is -2.22. The molecule has 0 saturated heterocycles. The van der Waals surface area contributed by atoms with Gasteiger partial charge in [-0.25, -0.2) is 9.98 Å². The van der Waals surface area contributed by atoms with Crippen molar-refractivity contribution in [2.75, 3.05) is 28.2 Å². The monoisotopic (exact) mass is 210 g/mol. The van der Waals surface area contributed by atoms with Crippen LogP contribution in [0.2, 0.25) is 0 Å². The molecule has 6 heteroatoms. The van der Waals surface area contributed by atoms with Crippen molar-refractivity contribution >= 4 is 5.96 Å². The maximum atomic E-state index is 4.44. The van der Waals surface area contributed by atoms with Crippen molar-refractivity contribution in [3.63, 3.8) is 0 Å². The van der Waals surface area contributed by atoms with E-state index in [1.807, 2.05) is 45.0 Å². The average molecular weight is 210 g/mol. The largest absolute Gasteiger partial charge is 0.349 e. The van der Waals surface area contributed by atoms with Crippen molar-refractivity contribution in [3.05, 3.63) is 12.2 Å². The van der Waals surface area contributed by atoms with Crippen LogP contribution in [0.15, 0.2) is 11.3 Å². The number of hydrogen-bond donors (Lipinski definition) is 0. The van der Waals surface area contributed by atoms with Crippen molar-refractivity contribution in [2.45, 2.75) is 6.54 Å². The predicted octanol–water partition coefficient (Wildman–Crippen LogP) is -0.206. The van der Waals surface area contributed by atoms with Gasteiger partial charge < -0.3 is 9.80 Å². The summed E-state index contributed by atoms with van der Waals surface area (Å²) in [6.45, 7) is 0.506. The summed E-state index contributed by atoms with van der Waals surface area (Å²) in [5, 5.41) is 4.16. The number of hydrogen-bond acceptors (Lipinski definition) is 3. The van der Waals surface area contributed by atoms with Gasteiger partial charge in [0.15, 0.2) is 11.8 Å². The molecule has 0 unspecified atom stereocenters. The minimum atomic E-state index is 0.506. The van der Waals surface area contributed by atoms with Crippen molar-refractivity contribution in [1.82, 2.24) is 24.6 Å². The first-order valence-corrected chi connectivity index (χ1v) is 4.74. The van der Waals surface area contributed by atoms with E-state index in [2.05, 4.69) is 15.1 Å². The van der Waals surface area contributed by atoms with E-state index in [1.54, 1.807) is 11.0 Å². The van der Waals surface area contributed by atoms with E-state index in [4.69, 9.17) is 0 Å². The smallest absolute Gasteiger partial charge is 0.195 e. The van der Waals surface area contributed by atoms with Crippen molar-refractivity contribution in [3.8, 4) is 0 Å². The Morgan fingerprint density at radius 1 is 1.33 bits per heavy atom. The van der Waals surface area contributed by atoms with E-state index in [-0.39, 0.29) is 0 Å². The molecule has 0 N–H and O–H groups in total. The van der Waals surface area contributed by atoms with Crippen LogP contribution in [-0.2, 0) is 13.6 Å². The van der Waals surface area contributed by atoms with E-state index in [9.17, 15) is 0 Å². The first-order valence-electron chi connectivity index (χ1n) is 4.74. The van der Waals surface area contributed by atoms with Crippen LogP contribution in [0.5, 0.6) is 0 Å². The Bertz CT molecular complexity index is 328. The number of aliphatic imine (C=N–C) groups is 1. The van der Waals surface area contributed by atoms with E-state index in [1.165, 1.54) is 0 Å². The topological polar surface area (TPSA) is 49.6 Å². The van der Waals surface area contributed by atoms with Crippen LogP contribution in [0.25, 0.3) is 0 Å². The van der Waals surface area contributed by atoms with Gasteiger partial charge in [-0.05, 0) is 0 Å². The summed E-state index contributed by atoms with van der Waals surface area (Å²) in [7, 11) is 9.70. The lowest BCUT2D eigenvalue weighted by molar-refractivity contribution is 0.478. The number of nitrogens with zero attached hydrogens (tertiary/aromatic N) is 6. The van der Waals surface area contributed by atoms with Crippen LogP contribution in [0, 0.1) is 0 Å². The lowest BCUT2D eigenvalue weighted by Crippen LogP contribution is -2.35. The van der Waals surface area contributed by atoms with Crippen molar-refractivity contribution in [2.24, 2.45) is 12.0 Å². The zero-order valence-corrected chi connectivity index (χ0v) is 9.97. The SMILES string of the molecule is CN(C)C(=NCc1ncn(C)n1)N(C)C. The van der Waals surface area contributed by atoms with Gasteiger partial charge in [-0.15, -0.1) is 0 Å². The Morgan fingerprint density at radius 2 is 1.93 bits per heavy atom. The summed E-state index contributed by atoms with van der Waals surface area (Å²) in [6, 6.07) is 0. The van der Waals surface area contributed by atoms with Crippen LogP contribution in [0.1, 0.15) is 5.82 Å². The molecule has 84 valence electrons. The number of aromatic nitrogens is 3. The Morgan fingerprint density at radius 3 is 2.33 bits per heavy atom. The standard InChI is InChI=1S/C9H18N6/c1-13(2)9(14(3)4)10-6-8-11-7-15(5)12-8/h7H,6H2,1-5H3. The molecular formula is C9H18N6. The molecule has 0 amide bonds. The highest BCUT2D eigenvalue weighted by Crippen LogP contribution is 1.95. The number of rotatable bonds is 2. The summed E-state index contributed by atoms with van der Waals surface area (Å²) >= 11 is 0. The van der Waals surface area contributed by atoms with Gasteiger partial charge in [0.1, 0.15) is 12.9 Å². The Balaban J connectivity index is 2.69. The highest BCUT2D eigenvalue weighted by Gasteiger charge is 2.04. The third-order valence-electron chi connectivity index (χ3n) is 1.81. The zero-order valence-electron chi connectivity index (χ0n) is 9.97. The highest BCUT2D eigenvalue weighted by molar-refractivity contribution is 5.79. The summed E-state index contributed by atoms with van der Waals surface area (Å²) in [5.74, 6) is 1.64. The van der Waals surface area contributed by atoms with Crippen LogP contribution in [0.3, 0.4) is 0 Å². The molecule has 0 aliphatic rings. The first kappa shape index (κ1) is 11.5. The predicted molar refractivity (Wildman–Crippen MR) is 59.5 cm³/mol. The molecule has 0 aliphatic carbocycles. The molecule has 0 fully saturated rings. The van der Waals surface area contributed by atoms with E-state index in [0.29, 0.717) is 6.54 Å². The fraction of sp³-hybridized carbons (Fsp3) is 0.667. The summed E-state index contributed by atoms with van der Waals surface area (Å²) in [6.07, 6.45) is 1.68. The minimum absolute atomic E-state index is 0.506. The van der Waals surface area contributed by atoms with Gasteiger partial charge >= 0.3 is 0 Å². The van der Waals surface area contributed by atoms with Gasteiger partial charge in [-0.3, -0.25) is 4.68 Å². The molecule has 1 aromatic heterocycles. The second-order valence-electron chi connectivity index (χ2n) is 3.74. The van der Waals surface area contributed by atoms with E-state index < -0.39 is 0 Å². The van der Waals surface area contributed by atoms with Gasteiger partial charge in [0, 0.05) is 35.2 Å². The van der Waals surface area contributed by atoms with E-state index >= 15 is 0 Å². The molecule has 15 heavy (non-hydrogen) atoms. The molecule has 1 heterocycles. The zero-order chi connectivity index (χ0) is 11.4. The molecule has 1 rings (SSSR count). The van der Waals surface area contributed by atoms with Gasteiger partial charge in [-0.1, -0.05) is 0 Å². The molecular weight excluding hydrogens is 192 g/mol. The lowest BCUT2D eigenvalue weighted by atomic mass is 10.6. The Kier molecular flexibility index (Phi) is 3.65. The molecule has 0 spiro atoms. The van der Waals surface area contributed by atoms with Gasteiger partial charge in [0.2, 0.25) is 0 Å². The molecule has 0 radical (unpaired) electrons. The van der Waals surface area contributed by atoms with Gasteiger partial charge in [0.05, 0.1) is 0 Å². The van der Waals surface area contributed by atoms with Crippen LogP contribution < -0.4 is 0 Å². The second-order valence-corrected chi connectivity index (χ2v) is 3.74. The highest BCUT2D eigenvalue weighted by atomic mass is 15.3. The third kappa shape index (κ3) is 3.23. The maximum Gasteiger partial charge on any atom is 0.195 e. The molecule has 0 aromatic carbocycles. The molecule has 0 atom stereocenters. The summed E-state index contributed by atoms with van der Waals surface area (Å²) in [4.78, 5) is 12.5. The molecule has 0 aliphatic heterocycles. The fourth-order valence-corrected chi connectivity index (χ4v) is 1.28. The van der Waals surface area contributed by atoms with Crippen molar-refractivity contribution < 1.29 is 0 Å². The van der Waals surface area contributed by atoms with Crippen molar-refractivity contribution in [1.29, 1.82) is 0 Å². The van der Waals surface area contributed by atoms with Crippen LogP contribution in [0.4, 0.5) is 0 Å². The quantitative estimate of drug-likeness (QED) is 0.501. The summed E-state index contributed by atoms with van der Waals surface area (Å²) in [5.41, 5.74) is 0. The third-order valence-corrected chi connectivity index (χ3v) is 1.81. The Labute approximate surface area is 90.2 Å². The van der Waals surface area contributed by atoms with Crippen LogP contribution >= 0.6 is 0 Å². The Hall–Kier alpha value is -1.59.